The molecule has 2 N–H and O–H groups in total. The number of nitrogens with zero attached hydrogens (tertiary/aromatic N) is 2. The van der Waals surface area contributed by atoms with Crippen LogP contribution in [0.1, 0.15) is 35.3 Å². The van der Waals surface area contributed by atoms with Crippen molar-refractivity contribution in [3.05, 3.63) is 81.5 Å². The Hall–Kier alpha value is -3.28. The van der Waals surface area contributed by atoms with Crippen LogP contribution in [0.2, 0.25) is 0 Å². The Bertz CT molecular complexity index is 1010. The number of carbonyl (C=O) groups is 1. The topological polar surface area (TPSA) is 87.7 Å². The van der Waals surface area contributed by atoms with E-state index in [4.69, 9.17) is 0 Å². The summed E-state index contributed by atoms with van der Waals surface area (Å²) in [4.78, 5) is 36.1. The molecule has 6 heteroatoms. The standard InChI is InChI=1S/C21H22N4O2/c1-13-6-4-5-7-17(13)14(2)23-19(26)12-18-15(3)24-20(25-21(18)27)16-8-10-22-11-9-16/h4-11,14H,12H2,1-3H3,(H,23,26)(H,24,25,27)/t14-/m1/s1. The van der Waals surface area contributed by atoms with Crippen molar-refractivity contribution in [2.24, 2.45) is 0 Å². The lowest BCUT2D eigenvalue weighted by Gasteiger charge is -2.17. The number of H-pyrrole nitrogens is 1. The van der Waals surface area contributed by atoms with Gasteiger partial charge in [-0.15, -0.1) is 0 Å². The average Bonchev–Trinajstić information content (AvgIpc) is 2.65. The van der Waals surface area contributed by atoms with Crippen LogP contribution >= 0.6 is 0 Å². The Labute approximate surface area is 157 Å². The van der Waals surface area contributed by atoms with Gasteiger partial charge in [0.15, 0.2) is 0 Å². The molecule has 0 bridgehead atoms. The van der Waals surface area contributed by atoms with Crippen molar-refractivity contribution in [2.75, 3.05) is 0 Å². The number of pyridine rings is 1. The second-order valence-corrected chi connectivity index (χ2v) is 6.54. The number of benzene rings is 1. The summed E-state index contributed by atoms with van der Waals surface area (Å²) in [5.41, 5.74) is 3.57. The van der Waals surface area contributed by atoms with Gasteiger partial charge in [-0.25, -0.2) is 4.98 Å². The maximum atomic E-state index is 12.5. The minimum atomic E-state index is -0.298. The van der Waals surface area contributed by atoms with E-state index < -0.39 is 0 Å². The largest absolute Gasteiger partial charge is 0.349 e. The number of nitrogens with one attached hydrogen (secondary N) is 2. The molecule has 0 saturated heterocycles. The molecular weight excluding hydrogens is 340 g/mol. The molecule has 0 spiro atoms. The number of carbonyl (C=O) groups excluding carboxylic acids is 1. The fourth-order valence-electron chi connectivity index (χ4n) is 3.07. The maximum Gasteiger partial charge on any atom is 0.255 e. The van der Waals surface area contributed by atoms with E-state index in [0.717, 1.165) is 16.7 Å². The van der Waals surface area contributed by atoms with Crippen molar-refractivity contribution in [3.63, 3.8) is 0 Å². The molecule has 2 heterocycles. The van der Waals surface area contributed by atoms with Gasteiger partial charge >= 0.3 is 0 Å². The first-order valence-corrected chi connectivity index (χ1v) is 8.81. The van der Waals surface area contributed by atoms with Crippen LogP contribution in [0.3, 0.4) is 0 Å². The molecule has 6 nitrogen and oxygen atoms in total. The predicted molar refractivity (Wildman–Crippen MR) is 104 cm³/mol. The van der Waals surface area contributed by atoms with Gasteiger partial charge in [-0.3, -0.25) is 14.6 Å². The molecule has 27 heavy (non-hydrogen) atoms. The highest BCUT2D eigenvalue weighted by atomic mass is 16.2. The number of hydrogen-bond donors (Lipinski definition) is 2. The zero-order valence-corrected chi connectivity index (χ0v) is 15.6. The van der Waals surface area contributed by atoms with Gasteiger partial charge < -0.3 is 10.3 Å². The van der Waals surface area contributed by atoms with E-state index >= 15 is 0 Å². The van der Waals surface area contributed by atoms with Gasteiger partial charge in [0.1, 0.15) is 5.82 Å². The number of amides is 1. The van der Waals surface area contributed by atoms with E-state index in [1.807, 2.05) is 38.1 Å². The normalized spacial score (nSPS) is 11.8. The zero-order valence-electron chi connectivity index (χ0n) is 15.6. The molecular formula is C21H22N4O2. The third-order valence-corrected chi connectivity index (χ3v) is 4.55. The van der Waals surface area contributed by atoms with Crippen LogP contribution in [0, 0.1) is 13.8 Å². The maximum absolute atomic E-state index is 12.5. The Morgan fingerprint density at radius 2 is 1.85 bits per heavy atom. The van der Waals surface area contributed by atoms with Gasteiger partial charge in [-0.05, 0) is 44.0 Å². The molecule has 0 aliphatic carbocycles. The van der Waals surface area contributed by atoms with E-state index in [0.29, 0.717) is 17.1 Å². The number of aromatic amines is 1. The molecule has 0 unspecified atom stereocenters. The molecule has 0 saturated carbocycles. The highest BCUT2D eigenvalue weighted by Gasteiger charge is 2.16. The van der Waals surface area contributed by atoms with Crippen LogP contribution in [0.15, 0.2) is 53.6 Å². The lowest BCUT2D eigenvalue weighted by atomic mass is 10.0. The summed E-state index contributed by atoms with van der Waals surface area (Å²) in [7, 11) is 0. The molecule has 1 aromatic carbocycles. The first kappa shape index (κ1) is 18.5. The fraction of sp³-hybridized carbons (Fsp3) is 0.238. The highest BCUT2D eigenvalue weighted by Crippen LogP contribution is 2.17. The molecule has 1 atom stereocenters. The van der Waals surface area contributed by atoms with Crippen molar-refractivity contribution in [1.29, 1.82) is 0 Å². The first-order valence-electron chi connectivity index (χ1n) is 8.81. The van der Waals surface area contributed by atoms with Gasteiger partial charge in [-0.2, -0.15) is 0 Å². The van der Waals surface area contributed by atoms with Crippen LogP contribution in [-0.4, -0.2) is 20.9 Å². The molecule has 1 amide bonds. The average molecular weight is 362 g/mol. The minimum absolute atomic E-state index is 0.0129. The van der Waals surface area contributed by atoms with E-state index in [-0.39, 0.29) is 23.9 Å². The third kappa shape index (κ3) is 4.28. The monoisotopic (exact) mass is 362 g/mol. The number of aromatic nitrogens is 3. The van der Waals surface area contributed by atoms with Gasteiger partial charge in [0.25, 0.3) is 5.56 Å². The van der Waals surface area contributed by atoms with Crippen LogP contribution < -0.4 is 10.9 Å². The Morgan fingerprint density at radius 3 is 2.52 bits per heavy atom. The second kappa shape index (κ2) is 7.95. The molecule has 138 valence electrons. The van der Waals surface area contributed by atoms with Crippen LogP contribution in [0.5, 0.6) is 0 Å². The Kier molecular flexibility index (Phi) is 5.45. The summed E-state index contributed by atoms with van der Waals surface area (Å²) in [5, 5.41) is 2.96. The zero-order chi connectivity index (χ0) is 19.4. The molecule has 0 radical (unpaired) electrons. The van der Waals surface area contributed by atoms with Crippen molar-refractivity contribution >= 4 is 5.91 Å². The summed E-state index contributed by atoms with van der Waals surface area (Å²) in [6, 6.07) is 11.3. The lowest BCUT2D eigenvalue weighted by molar-refractivity contribution is -0.121. The smallest absolute Gasteiger partial charge is 0.255 e. The first-order chi connectivity index (χ1) is 13.0. The van der Waals surface area contributed by atoms with E-state index in [9.17, 15) is 9.59 Å². The van der Waals surface area contributed by atoms with Crippen LogP contribution in [0.25, 0.3) is 11.4 Å². The summed E-state index contributed by atoms with van der Waals surface area (Å²) in [5.74, 6) is 0.259. The van der Waals surface area contributed by atoms with Crippen LogP contribution in [0.4, 0.5) is 0 Å². The van der Waals surface area contributed by atoms with E-state index in [1.165, 1.54) is 0 Å². The predicted octanol–water partition coefficient (Wildman–Crippen LogP) is 2.87. The summed E-state index contributed by atoms with van der Waals surface area (Å²) < 4.78 is 0. The fourth-order valence-corrected chi connectivity index (χ4v) is 3.07. The van der Waals surface area contributed by atoms with Gasteiger partial charge in [0, 0.05) is 29.2 Å². The lowest BCUT2D eigenvalue weighted by Crippen LogP contribution is -2.31. The van der Waals surface area contributed by atoms with Crippen molar-refractivity contribution in [2.45, 2.75) is 33.2 Å². The molecule has 0 aliphatic rings. The van der Waals surface area contributed by atoms with Gasteiger partial charge in [0.05, 0.1) is 12.5 Å². The summed E-state index contributed by atoms with van der Waals surface area (Å²) in [6.45, 7) is 5.68. The van der Waals surface area contributed by atoms with Crippen LogP contribution in [-0.2, 0) is 11.2 Å². The number of rotatable bonds is 5. The van der Waals surface area contributed by atoms with Gasteiger partial charge in [-0.1, -0.05) is 24.3 Å². The van der Waals surface area contributed by atoms with Crippen molar-refractivity contribution < 1.29 is 4.79 Å². The Balaban J connectivity index is 1.76. The number of hydrogen-bond acceptors (Lipinski definition) is 4. The molecule has 0 fully saturated rings. The van der Waals surface area contributed by atoms with E-state index in [1.54, 1.807) is 31.5 Å². The summed E-state index contributed by atoms with van der Waals surface area (Å²) >= 11 is 0. The van der Waals surface area contributed by atoms with Gasteiger partial charge in [0.2, 0.25) is 5.91 Å². The quantitative estimate of drug-likeness (QED) is 0.730. The SMILES string of the molecule is Cc1ccccc1[C@@H](C)NC(=O)Cc1c(C)nc(-c2ccncc2)[nH]c1=O. The highest BCUT2D eigenvalue weighted by molar-refractivity contribution is 5.79. The summed E-state index contributed by atoms with van der Waals surface area (Å²) in [6.07, 6.45) is 3.26. The number of aryl methyl sites for hydroxylation is 2. The third-order valence-electron chi connectivity index (χ3n) is 4.55. The molecule has 2 aromatic heterocycles. The van der Waals surface area contributed by atoms with Crippen molar-refractivity contribution in [1.82, 2.24) is 20.3 Å². The second-order valence-electron chi connectivity index (χ2n) is 6.54. The molecule has 0 aliphatic heterocycles. The molecule has 3 aromatic rings. The van der Waals surface area contributed by atoms with Crippen molar-refractivity contribution in [3.8, 4) is 11.4 Å². The van der Waals surface area contributed by atoms with E-state index in [2.05, 4.69) is 20.3 Å². The Morgan fingerprint density at radius 1 is 1.15 bits per heavy atom. The molecule has 3 rings (SSSR count). The minimum Gasteiger partial charge on any atom is -0.349 e.